The van der Waals surface area contributed by atoms with E-state index in [1.54, 1.807) is 20.8 Å². The lowest BCUT2D eigenvalue weighted by Crippen LogP contribution is -2.41. The van der Waals surface area contributed by atoms with Crippen molar-refractivity contribution >= 4 is 0 Å². The summed E-state index contributed by atoms with van der Waals surface area (Å²) in [6.07, 6.45) is -0.429. The van der Waals surface area contributed by atoms with Crippen molar-refractivity contribution in [3.8, 4) is 0 Å². The van der Waals surface area contributed by atoms with Crippen molar-refractivity contribution in [2.75, 3.05) is 6.61 Å². The second kappa shape index (κ2) is 7.53. The molecule has 0 radical (unpaired) electrons. The monoisotopic (exact) mass is 402 g/mol. The van der Waals surface area contributed by atoms with Gasteiger partial charge in [-0.25, -0.2) is 4.79 Å². The molecule has 1 saturated carbocycles. The molecule has 5 atom stereocenters. The van der Waals surface area contributed by atoms with Crippen LogP contribution in [0.3, 0.4) is 0 Å². The van der Waals surface area contributed by atoms with Crippen LogP contribution in [0.15, 0.2) is 46.1 Å². The number of hydrogen-bond donors (Lipinski definition) is 2. The quantitative estimate of drug-likeness (QED) is 0.777. The average molecular weight is 402 g/mol. The Labute approximate surface area is 168 Å². The summed E-state index contributed by atoms with van der Waals surface area (Å²) in [6.45, 7) is 5.89. The summed E-state index contributed by atoms with van der Waals surface area (Å²) in [5.74, 6) is -1.22. The van der Waals surface area contributed by atoms with E-state index in [9.17, 15) is 14.7 Å². The van der Waals surface area contributed by atoms with Crippen molar-refractivity contribution in [3.05, 3.63) is 68.5 Å². The van der Waals surface area contributed by atoms with Gasteiger partial charge in [0.25, 0.3) is 5.56 Å². The van der Waals surface area contributed by atoms with Crippen LogP contribution < -0.4 is 11.2 Å². The van der Waals surface area contributed by atoms with Crippen molar-refractivity contribution in [2.45, 2.75) is 57.5 Å². The Morgan fingerprint density at radius 2 is 1.86 bits per heavy atom. The van der Waals surface area contributed by atoms with E-state index >= 15 is 0 Å². The van der Waals surface area contributed by atoms with Crippen molar-refractivity contribution < 1.29 is 19.3 Å². The van der Waals surface area contributed by atoms with E-state index < -0.39 is 41.4 Å². The number of fused-ring (bicyclic) bond motifs is 1. The zero-order chi connectivity index (χ0) is 20.8. The van der Waals surface area contributed by atoms with Gasteiger partial charge < -0.3 is 19.3 Å². The molecular weight excluding hydrogens is 376 g/mol. The zero-order valence-corrected chi connectivity index (χ0v) is 16.7. The highest BCUT2D eigenvalue weighted by Gasteiger charge is 2.59. The van der Waals surface area contributed by atoms with E-state index in [0.717, 1.165) is 5.56 Å². The van der Waals surface area contributed by atoms with Gasteiger partial charge in [0.1, 0.15) is 6.10 Å². The number of hydrogen-bond acceptors (Lipinski definition) is 6. The molecule has 4 rings (SSSR count). The maximum Gasteiger partial charge on any atom is 0.328 e. The molecule has 0 amide bonds. The van der Waals surface area contributed by atoms with Gasteiger partial charge in [-0.15, -0.1) is 0 Å². The summed E-state index contributed by atoms with van der Waals surface area (Å²) in [6, 6.07) is 9.08. The highest BCUT2D eigenvalue weighted by molar-refractivity contribution is 5.14. The molecule has 29 heavy (non-hydrogen) atoms. The molecule has 2 aromatic rings. The predicted molar refractivity (Wildman–Crippen MR) is 105 cm³/mol. The summed E-state index contributed by atoms with van der Waals surface area (Å²) in [4.78, 5) is 26.5. The molecule has 8 nitrogen and oxygen atoms in total. The normalized spacial score (nSPS) is 30.4. The Hall–Kier alpha value is -2.26. The largest absolute Gasteiger partial charge is 0.390 e. The van der Waals surface area contributed by atoms with E-state index in [-0.39, 0.29) is 12.5 Å². The lowest BCUT2D eigenvalue weighted by Gasteiger charge is -2.28. The first-order valence-electron chi connectivity index (χ1n) is 9.74. The summed E-state index contributed by atoms with van der Waals surface area (Å²) in [5.41, 5.74) is 0.393. The van der Waals surface area contributed by atoms with Crippen LogP contribution in [-0.2, 0) is 20.8 Å². The summed E-state index contributed by atoms with van der Waals surface area (Å²) in [7, 11) is 0. The van der Waals surface area contributed by atoms with Gasteiger partial charge in [-0.2, -0.15) is 0 Å². The number of aromatic amines is 1. The molecule has 2 aliphatic rings. The van der Waals surface area contributed by atoms with Crippen LogP contribution in [0.25, 0.3) is 0 Å². The second-order valence-electron chi connectivity index (χ2n) is 8.19. The summed E-state index contributed by atoms with van der Waals surface area (Å²) >= 11 is 0. The minimum Gasteiger partial charge on any atom is -0.390 e. The fourth-order valence-corrected chi connectivity index (χ4v) is 4.27. The number of aliphatic hydroxyl groups is 1. The SMILES string of the molecule is Cc1cn(C2C(O)C(COCc3ccccc3)C3OC(C)(C)OC32)c(=O)[nH]c1=O. The molecule has 0 bridgehead atoms. The van der Waals surface area contributed by atoms with Gasteiger partial charge in [-0.3, -0.25) is 14.3 Å². The molecule has 1 aliphatic heterocycles. The highest BCUT2D eigenvalue weighted by atomic mass is 16.8. The van der Waals surface area contributed by atoms with Crippen molar-refractivity contribution in [1.82, 2.24) is 9.55 Å². The van der Waals surface area contributed by atoms with Crippen LogP contribution in [0.4, 0.5) is 0 Å². The molecule has 0 spiro atoms. The summed E-state index contributed by atoms with van der Waals surface area (Å²) < 4.78 is 19.3. The van der Waals surface area contributed by atoms with Crippen molar-refractivity contribution in [1.29, 1.82) is 0 Å². The fourth-order valence-electron chi connectivity index (χ4n) is 4.27. The predicted octanol–water partition coefficient (Wildman–Crippen LogP) is 1.11. The minimum absolute atomic E-state index is 0.254. The standard InChI is InChI=1S/C21H26N2O6/c1-12-9-23(20(26)22-19(12)25)15-16(24)14(17-18(15)29-21(2,3)28-17)11-27-10-13-7-5-4-6-8-13/h4-9,14-18,24H,10-11H2,1-3H3,(H,22,25,26). The molecular formula is C21H26N2O6. The molecule has 1 saturated heterocycles. The second-order valence-corrected chi connectivity index (χ2v) is 8.19. The van der Waals surface area contributed by atoms with Gasteiger partial charge in [0.2, 0.25) is 0 Å². The number of ether oxygens (including phenoxy) is 3. The van der Waals surface area contributed by atoms with E-state index in [0.29, 0.717) is 12.2 Å². The highest BCUT2D eigenvalue weighted by Crippen LogP contribution is 2.46. The number of nitrogens with zero attached hydrogens (tertiary/aromatic N) is 1. The van der Waals surface area contributed by atoms with Gasteiger partial charge in [0.15, 0.2) is 5.79 Å². The Morgan fingerprint density at radius 3 is 2.59 bits per heavy atom. The first-order valence-corrected chi connectivity index (χ1v) is 9.74. The molecule has 1 aromatic carbocycles. The van der Waals surface area contributed by atoms with Crippen LogP contribution in [0.5, 0.6) is 0 Å². The number of benzene rings is 1. The molecule has 1 aromatic heterocycles. The van der Waals surface area contributed by atoms with Gasteiger partial charge in [0.05, 0.1) is 31.5 Å². The fraction of sp³-hybridized carbons (Fsp3) is 0.524. The van der Waals surface area contributed by atoms with E-state index in [4.69, 9.17) is 14.2 Å². The third-order valence-corrected chi connectivity index (χ3v) is 5.60. The van der Waals surface area contributed by atoms with Crippen LogP contribution >= 0.6 is 0 Å². The van der Waals surface area contributed by atoms with Gasteiger partial charge in [0, 0.05) is 17.7 Å². The smallest absolute Gasteiger partial charge is 0.328 e. The molecule has 5 unspecified atom stereocenters. The molecule has 2 heterocycles. The Balaban J connectivity index is 1.59. The molecule has 1 aliphatic carbocycles. The number of aliphatic hydroxyl groups excluding tert-OH is 1. The maximum absolute atomic E-state index is 12.4. The van der Waals surface area contributed by atoms with E-state index in [1.807, 2.05) is 30.3 Å². The first kappa shape index (κ1) is 20.0. The maximum atomic E-state index is 12.4. The van der Waals surface area contributed by atoms with Gasteiger partial charge >= 0.3 is 5.69 Å². The third kappa shape index (κ3) is 3.81. The minimum atomic E-state index is -0.931. The number of nitrogens with one attached hydrogen (secondary N) is 1. The molecule has 156 valence electrons. The number of H-pyrrole nitrogens is 1. The zero-order valence-electron chi connectivity index (χ0n) is 16.7. The lowest BCUT2D eigenvalue weighted by molar-refractivity contribution is -0.175. The molecule has 2 fully saturated rings. The average Bonchev–Trinajstić information content (AvgIpc) is 3.10. The van der Waals surface area contributed by atoms with Crippen LogP contribution in [0.1, 0.15) is 31.0 Å². The van der Waals surface area contributed by atoms with E-state index in [2.05, 4.69) is 4.98 Å². The lowest BCUT2D eigenvalue weighted by atomic mass is 10.0. The van der Waals surface area contributed by atoms with Gasteiger partial charge in [-0.1, -0.05) is 30.3 Å². The number of aryl methyl sites for hydroxylation is 1. The summed E-state index contributed by atoms with van der Waals surface area (Å²) in [5, 5.41) is 11.1. The number of aromatic nitrogens is 2. The molecule has 2 N–H and O–H groups in total. The first-order chi connectivity index (χ1) is 13.8. The van der Waals surface area contributed by atoms with Crippen LogP contribution in [-0.4, -0.2) is 45.4 Å². The van der Waals surface area contributed by atoms with Crippen molar-refractivity contribution in [3.63, 3.8) is 0 Å². The third-order valence-electron chi connectivity index (χ3n) is 5.60. The van der Waals surface area contributed by atoms with Crippen LogP contribution in [0.2, 0.25) is 0 Å². The van der Waals surface area contributed by atoms with Gasteiger partial charge in [-0.05, 0) is 26.3 Å². The number of rotatable bonds is 5. The van der Waals surface area contributed by atoms with Crippen molar-refractivity contribution in [2.24, 2.45) is 5.92 Å². The molecule has 8 heteroatoms. The Morgan fingerprint density at radius 1 is 1.17 bits per heavy atom. The Kier molecular flexibility index (Phi) is 5.20. The van der Waals surface area contributed by atoms with Crippen LogP contribution in [0, 0.1) is 12.8 Å². The topological polar surface area (TPSA) is 103 Å². The van der Waals surface area contributed by atoms with E-state index in [1.165, 1.54) is 10.8 Å². The Bertz CT molecular complexity index is 983.